The van der Waals surface area contributed by atoms with Crippen LogP contribution in [0.2, 0.25) is 0 Å². The lowest BCUT2D eigenvalue weighted by Gasteiger charge is -2.37. The highest BCUT2D eigenvalue weighted by Gasteiger charge is 2.27. The number of aromatic nitrogens is 2. The first-order chi connectivity index (χ1) is 15.9. The molecule has 0 saturated carbocycles. The van der Waals surface area contributed by atoms with Crippen molar-refractivity contribution in [3.8, 4) is 11.1 Å². The number of nitrogens with zero attached hydrogens (tertiary/aromatic N) is 4. The van der Waals surface area contributed by atoms with E-state index < -0.39 is 6.43 Å². The number of rotatable bonds is 3. The molecule has 0 unspecified atom stereocenters. The van der Waals surface area contributed by atoms with E-state index >= 15 is 0 Å². The zero-order valence-corrected chi connectivity index (χ0v) is 19.7. The molecule has 3 heterocycles. The zero-order chi connectivity index (χ0) is 23.7. The predicted molar refractivity (Wildman–Crippen MR) is 131 cm³/mol. The molecule has 5 nitrogen and oxygen atoms in total. The monoisotopic (exact) mass is 451 g/mol. The van der Waals surface area contributed by atoms with Gasteiger partial charge in [0.15, 0.2) is 0 Å². The number of nitrogens with one attached hydrogen (secondary N) is 1. The largest absolute Gasteiger partial charge is 0.357 e. The van der Waals surface area contributed by atoms with Crippen LogP contribution in [0.25, 0.3) is 11.1 Å². The normalized spacial score (nSPS) is 14.9. The Bertz CT molecular complexity index is 1170. The van der Waals surface area contributed by atoms with Crippen LogP contribution in [0.4, 0.5) is 25.8 Å². The maximum atomic E-state index is 14.1. The van der Waals surface area contributed by atoms with Crippen molar-refractivity contribution in [1.29, 1.82) is 0 Å². The van der Waals surface area contributed by atoms with Gasteiger partial charge in [0, 0.05) is 67.1 Å². The highest BCUT2D eigenvalue weighted by atomic mass is 19.3. The predicted octanol–water partition coefficient (Wildman–Crippen LogP) is 6.46. The molecule has 0 fully saturated rings. The molecule has 0 radical (unpaired) electrons. The van der Waals surface area contributed by atoms with E-state index in [9.17, 15) is 8.78 Å². The zero-order valence-electron chi connectivity index (χ0n) is 19.7. The Morgan fingerprint density at radius 1 is 1.12 bits per heavy atom. The number of benzene rings is 2. The molecule has 0 aliphatic carbocycles. The van der Waals surface area contributed by atoms with Gasteiger partial charge >= 0.3 is 0 Å². The first-order valence-corrected chi connectivity index (χ1v) is 11.4. The average Bonchev–Trinajstić information content (AvgIpc) is 3.25. The van der Waals surface area contributed by atoms with Crippen LogP contribution in [0.15, 0.2) is 55.1 Å². The Labute approximate surface area is 194 Å². The summed E-state index contributed by atoms with van der Waals surface area (Å²) in [5.41, 5.74) is 6.53. The number of anilines is 3. The van der Waals surface area contributed by atoms with E-state index in [1.807, 2.05) is 39.1 Å². The van der Waals surface area contributed by atoms with Gasteiger partial charge in [-0.2, -0.15) is 5.10 Å². The summed E-state index contributed by atoms with van der Waals surface area (Å²) >= 11 is 0. The van der Waals surface area contributed by atoms with Crippen molar-refractivity contribution >= 4 is 17.1 Å². The third kappa shape index (κ3) is 4.19. The first-order valence-electron chi connectivity index (χ1n) is 11.4. The molecule has 33 heavy (non-hydrogen) atoms. The third-order valence-corrected chi connectivity index (χ3v) is 6.20. The van der Waals surface area contributed by atoms with Crippen LogP contribution in [0, 0.1) is 0 Å². The van der Waals surface area contributed by atoms with Crippen LogP contribution in [0.1, 0.15) is 43.4 Å². The Morgan fingerprint density at radius 3 is 2.61 bits per heavy atom. The molecule has 7 heteroatoms. The van der Waals surface area contributed by atoms with Crippen LogP contribution in [-0.2, 0) is 20.0 Å². The molecule has 2 aliphatic rings. The van der Waals surface area contributed by atoms with Gasteiger partial charge in [-0.1, -0.05) is 26.5 Å². The lowest BCUT2D eigenvalue weighted by atomic mass is 9.92. The molecule has 2 aromatic carbocycles. The molecule has 1 N–H and O–H groups in total. The molecule has 0 saturated heterocycles. The highest BCUT2D eigenvalue weighted by molar-refractivity contribution is 5.80. The third-order valence-electron chi connectivity index (χ3n) is 6.20. The highest BCUT2D eigenvalue weighted by Crippen LogP contribution is 2.43. The van der Waals surface area contributed by atoms with Gasteiger partial charge in [0.2, 0.25) is 0 Å². The van der Waals surface area contributed by atoms with Gasteiger partial charge in [-0.05, 0) is 48.2 Å². The van der Waals surface area contributed by atoms with Crippen molar-refractivity contribution in [3.63, 3.8) is 0 Å². The Morgan fingerprint density at radius 2 is 1.91 bits per heavy atom. The lowest BCUT2D eigenvalue weighted by molar-refractivity contribution is 0.152. The fourth-order valence-electron chi connectivity index (χ4n) is 4.58. The van der Waals surface area contributed by atoms with Crippen molar-refractivity contribution in [2.24, 2.45) is 7.05 Å². The SMILES string of the molecule is C=C1Nc2cccc(N3CCCc4cc(-c5cnn(C)c5)c(C(F)F)cc43)c2CN1C.CC. The van der Waals surface area contributed by atoms with E-state index in [1.54, 1.807) is 30.2 Å². The number of aryl methyl sites for hydroxylation is 2. The smallest absolute Gasteiger partial charge is 0.264 e. The maximum Gasteiger partial charge on any atom is 0.264 e. The molecular formula is C26H31F2N5. The Kier molecular flexibility index (Phi) is 6.40. The van der Waals surface area contributed by atoms with E-state index in [0.29, 0.717) is 5.56 Å². The minimum Gasteiger partial charge on any atom is -0.357 e. The van der Waals surface area contributed by atoms with Gasteiger partial charge in [-0.3, -0.25) is 4.68 Å². The standard InChI is InChI=1S/C24H25F2N5.C2H6/c1-15-28-21-7-4-8-22(20(21)14-29(15)2)31-9-5-6-16-10-18(17-12-27-30(3)13-17)19(24(25)26)11-23(16)31;1-2/h4,7-8,10-13,24,28H,1,5-6,9,14H2,2-3H3;1-2H3. The quantitative estimate of drug-likeness (QED) is 0.496. The van der Waals surface area contributed by atoms with Crippen molar-refractivity contribution in [2.45, 2.75) is 39.7 Å². The maximum absolute atomic E-state index is 14.1. The number of hydrogen-bond acceptors (Lipinski definition) is 4. The van der Waals surface area contributed by atoms with Gasteiger partial charge in [0.25, 0.3) is 6.43 Å². The molecule has 0 bridgehead atoms. The minimum atomic E-state index is -2.56. The second-order valence-corrected chi connectivity index (χ2v) is 8.26. The molecule has 0 amide bonds. The van der Waals surface area contributed by atoms with Gasteiger partial charge in [-0.15, -0.1) is 0 Å². The molecule has 1 aromatic heterocycles. The van der Waals surface area contributed by atoms with Crippen LogP contribution < -0.4 is 10.2 Å². The van der Waals surface area contributed by atoms with Crippen LogP contribution in [0.5, 0.6) is 0 Å². The summed E-state index contributed by atoms with van der Waals surface area (Å²) in [6.45, 7) is 9.57. The summed E-state index contributed by atoms with van der Waals surface area (Å²) in [7, 11) is 3.79. The van der Waals surface area contributed by atoms with E-state index in [-0.39, 0.29) is 5.56 Å². The minimum absolute atomic E-state index is 0.0482. The fraction of sp³-hybridized carbons (Fsp3) is 0.346. The summed E-state index contributed by atoms with van der Waals surface area (Å²) in [6.07, 6.45) is 2.71. The summed E-state index contributed by atoms with van der Waals surface area (Å²) < 4.78 is 29.9. The van der Waals surface area contributed by atoms with Gasteiger partial charge < -0.3 is 15.1 Å². The number of halogens is 2. The summed E-state index contributed by atoms with van der Waals surface area (Å²) in [6, 6.07) is 9.74. The summed E-state index contributed by atoms with van der Waals surface area (Å²) in [5.74, 6) is 0.852. The van der Waals surface area contributed by atoms with Crippen LogP contribution in [0.3, 0.4) is 0 Å². The molecule has 0 atom stereocenters. The molecule has 0 spiro atoms. The van der Waals surface area contributed by atoms with E-state index in [0.717, 1.165) is 65.5 Å². The number of alkyl halides is 2. The Hall–Kier alpha value is -3.35. The Balaban J connectivity index is 0.00000126. The van der Waals surface area contributed by atoms with Crippen molar-refractivity contribution in [3.05, 3.63) is 71.8 Å². The second-order valence-electron chi connectivity index (χ2n) is 8.26. The number of fused-ring (bicyclic) bond motifs is 2. The topological polar surface area (TPSA) is 36.3 Å². The van der Waals surface area contributed by atoms with Crippen LogP contribution >= 0.6 is 0 Å². The van der Waals surface area contributed by atoms with Gasteiger partial charge in [-0.25, -0.2) is 8.78 Å². The van der Waals surface area contributed by atoms with Gasteiger partial charge in [0.05, 0.1) is 12.0 Å². The van der Waals surface area contributed by atoms with Crippen LogP contribution in [-0.4, -0.2) is 28.3 Å². The molecule has 174 valence electrons. The summed E-state index contributed by atoms with van der Waals surface area (Å²) in [5, 5.41) is 7.52. The van der Waals surface area contributed by atoms with E-state index in [2.05, 4.69) is 32.9 Å². The molecule has 3 aromatic rings. The molecular weight excluding hydrogens is 420 g/mol. The van der Waals surface area contributed by atoms with E-state index in [4.69, 9.17) is 0 Å². The first kappa shape index (κ1) is 22.8. The summed E-state index contributed by atoms with van der Waals surface area (Å²) in [4.78, 5) is 4.26. The second kappa shape index (κ2) is 9.25. The lowest BCUT2D eigenvalue weighted by Crippen LogP contribution is -2.31. The van der Waals surface area contributed by atoms with Crippen molar-refractivity contribution < 1.29 is 8.78 Å². The fourth-order valence-corrected chi connectivity index (χ4v) is 4.58. The van der Waals surface area contributed by atoms with Crippen molar-refractivity contribution in [2.75, 3.05) is 23.8 Å². The van der Waals surface area contributed by atoms with E-state index in [1.165, 1.54) is 0 Å². The molecule has 5 rings (SSSR count). The van der Waals surface area contributed by atoms with Gasteiger partial charge in [0.1, 0.15) is 0 Å². The van der Waals surface area contributed by atoms with Crippen molar-refractivity contribution in [1.82, 2.24) is 14.7 Å². The molecule has 2 aliphatic heterocycles. The number of hydrogen-bond donors (Lipinski definition) is 1. The average molecular weight is 452 g/mol.